The normalized spacial score (nSPS) is 15.1. The van der Waals surface area contributed by atoms with E-state index in [1.54, 1.807) is 24.3 Å². The molecule has 2 aromatic rings. The Kier molecular flexibility index (Phi) is 5.99. The Hall–Kier alpha value is -2.15. The second-order valence-electron chi connectivity index (χ2n) is 5.97. The zero-order chi connectivity index (χ0) is 19.6. The maximum Gasteiger partial charge on any atom is 0.335 e. The van der Waals surface area contributed by atoms with Gasteiger partial charge in [0.05, 0.1) is 31.9 Å². The molecule has 0 atom stereocenters. The predicted octanol–water partition coefficient (Wildman–Crippen LogP) is 4.30. The molecule has 1 aliphatic heterocycles. The van der Waals surface area contributed by atoms with E-state index in [1.165, 1.54) is 12.1 Å². The average molecular weight is 429 g/mol. The van der Waals surface area contributed by atoms with Crippen LogP contribution in [0.2, 0.25) is 15.1 Å². The second-order valence-corrected chi connectivity index (χ2v) is 7.19. The number of amidine groups is 1. The average Bonchev–Trinajstić information content (AvgIpc) is 2.65. The molecule has 0 bridgehead atoms. The molecule has 1 heterocycles. The van der Waals surface area contributed by atoms with E-state index < -0.39 is 5.97 Å². The Balaban J connectivity index is 1.76. The zero-order valence-electron chi connectivity index (χ0n) is 14.1. The van der Waals surface area contributed by atoms with Crippen molar-refractivity contribution in [3.8, 4) is 0 Å². The number of nitrogens with zero attached hydrogens (tertiary/aromatic N) is 3. The molecular formula is C18H16Cl3N3O3. The van der Waals surface area contributed by atoms with Crippen molar-refractivity contribution in [2.45, 2.75) is 0 Å². The molecule has 1 aliphatic rings. The first kappa shape index (κ1) is 19.6. The molecule has 6 nitrogen and oxygen atoms in total. The number of carboxylic acids is 1. The Morgan fingerprint density at radius 3 is 2.11 bits per heavy atom. The summed E-state index contributed by atoms with van der Waals surface area (Å²) in [5.41, 5.74) is 1.39. The number of hydrogen-bond acceptors (Lipinski definition) is 4. The van der Waals surface area contributed by atoms with E-state index in [1.807, 2.05) is 9.80 Å². The van der Waals surface area contributed by atoms with Gasteiger partial charge in [-0.25, -0.2) is 4.79 Å². The van der Waals surface area contributed by atoms with Gasteiger partial charge >= 0.3 is 5.97 Å². The third kappa shape index (κ3) is 4.08. The molecule has 0 aromatic heterocycles. The fourth-order valence-corrected chi connectivity index (χ4v) is 3.90. The quantitative estimate of drug-likeness (QED) is 0.330. The number of benzene rings is 2. The molecule has 0 aliphatic carbocycles. The summed E-state index contributed by atoms with van der Waals surface area (Å²) in [5.74, 6) is -0.703. The minimum absolute atomic E-state index is 0.144. The fraction of sp³-hybridized carbons (Fsp3) is 0.222. The molecule has 0 unspecified atom stereocenters. The van der Waals surface area contributed by atoms with Crippen molar-refractivity contribution in [1.82, 2.24) is 4.90 Å². The molecule has 1 saturated heterocycles. The van der Waals surface area contributed by atoms with Crippen LogP contribution in [-0.4, -0.2) is 53.2 Å². The largest absolute Gasteiger partial charge is 0.478 e. The van der Waals surface area contributed by atoms with E-state index in [-0.39, 0.29) is 5.56 Å². The standard InChI is InChI=1S/C18H16Cl3N3O3/c19-12-2-1-3-13(20)16(12)17(22-27)24-8-6-23(7-9-24)15-5-4-11(18(25)26)10-14(15)21/h1-5,10,27H,6-9H2,(H,25,26). The molecule has 0 radical (unpaired) electrons. The van der Waals surface area contributed by atoms with Crippen molar-refractivity contribution in [2.75, 3.05) is 31.1 Å². The first-order valence-electron chi connectivity index (χ1n) is 8.11. The van der Waals surface area contributed by atoms with E-state index >= 15 is 0 Å². The summed E-state index contributed by atoms with van der Waals surface area (Å²) in [7, 11) is 0. The Bertz CT molecular complexity index is 876. The van der Waals surface area contributed by atoms with E-state index in [0.717, 1.165) is 5.69 Å². The molecule has 1 fully saturated rings. The summed E-state index contributed by atoms with van der Waals surface area (Å²) < 4.78 is 0. The van der Waals surface area contributed by atoms with Crippen molar-refractivity contribution in [2.24, 2.45) is 5.16 Å². The van der Waals surface area contributed by atoms with Crippen LogP contribution < -0.4 is 4.90 Å². The number of rotatable bonds is 3. The lowest BCUT2D eigenvalue weighted by atomic mass is 10.1. The van der Waals surface area contributed by atoms with Crippen LogP contribution in [0.25, 0.3) is 0 Å². The number of carbonyl (C=O) groups is 1. The van der Waals surface area contributed by atoms with Crippen LogP contribution in [0.5, 0.6) is 0 Å². The van der Waals surface area contributed by atoms with Crippen molar-refractivity contribution in [3.63, 3.8) is 0 Å². The van der Waals surface area contributed by atoms with Crippen molar-refractivity contribution in [1.29, 1.82) is 0 Å². The first-order valence-corrected chi connectivity index (χ1v) is 9.25. The number of oxime groups is 1. The third-order valence-corrected chi connectivity index (χ3v) is 5.33. The van der Waals surface area contributed by atoms with Gasteiger partial charge in [0.15, 0.2) is 5.84 Å². The smallest absolute Gasteiger partial charge is 0.335 e. The second kappa shape index (κ2) is 8.25. The lowest BCUT2D eigenvalue weighted by molar-refractivity contribution is 0.0697. The first-order chi connectivity index (χ1) is 12.9. The Morgan fingerprint density at radius 2 is 1.59 bits per heavy atom. The Morgan fingerprint density at radius 1 is 0.963 bits per heavy atom. The van der Waals surface area contributed by atoms with Gasteiger partial charge in [-0.2, -0.15) is 0 Å². The van der Waals surface area contributed by atoms with Gasteiger partial charge < -0.3 is 20.1 Å². The molecule has 0 amide bonds. The van der Waals surface area contributed by atoms with Crippen molar-refractivity contribution in [3.05, 3.63) is 62.6 Å². The lowest BCUT2D eigenvalue weighted by Gasteiger charge is -2.37. The topological polar surface area (TPSA) is 76.4 Å². The summed E-state index contributed by atoms with van der Waals surface area (Å²) >= 11 is 18.7. The maximum atomic E-state index is 11.0. The van der Waals surface area contributed by atoms with Gasteiger partial charge in [-0.3, -0.25) is 0 Å². The van der Waals surface area contributed by atoms with Crippen molar-refractivity contribution < 1.29 is 15.1 Å². The molecule has 2 N–H and O–H groups in total. The highest BCUT2D eigenvalue weighted by Crippen LogP contribution is 2.30. The van der Waals surface area contributed by atoms with Gasteiger partial charge in [-0.1, -0.05) is 46.0 Å². The van der Waals surface area contributed by atoms with Gasteiger partial charge in [0.25, 0.3) is 0 Å². The lowest BCUT2D eigenvalue weighted by Crippen LogP contribution is -2.49. The fourth-order valence-electron chi connectivity index (χ4n) is 3.04. The van der Waals surface area contributed by atoms with Gasteiger partial charge in [0.2, 0.25) is 0 Å². The number of piperazine rings is 1. The molecule has 142 valence electrons. The van der Waals surface area contributed by atoms with Crippen LogP contribution in [0, 0.1) is 0 Å². The van der Waals surface area contributed by atoms with Crippen LogP contribution in [0.1, 0.15) is 15.9 Å². The minimum atomic E-state index is -1.02. The summed E-state index contributed by atoms with van der Waals surface area (Å²) in [5, 5.41) is 23.2. The van der Waals surface area contributed by atoms with Gasteiger partial charge in [-0.15, -0.1) is 0 Å². The number of hydrogen-bond donors (Lipinski definition) is 2. The number of halogens is 3. The highest BCUT2D eigenvalue weighted by Gasteiger charge is 2.25. The molecule has 3 rings (SSSR count). The third-order valence-electron chi connectivity index (χ3n) is 4.40. The van der Waals surface area contributed by atoms with Crippen LogP contribution in [0.4, 0.5) is 5.69 Å². The predicted molar refractivity (Wildman–Crippen MR) is 107 cm³/mol. The minimum Gasteiger partial charge on any atom is -0.478 e. The highest BCUT2D eigenvalue weighted by atomic mass is 35.5. The van der Waals surface area contributed by atoms with Crippen LogP contribution in [-0.2, 0) is 0 Å². The zero-order valence-corrected chi connectivity index (χ0v) is 16.3. The Labute approximate surface area is 171 Å². The monoisotopic (exact) mass is 427 g/mol. The molecule has 2 aromatic carbocycles. The summed E-state index contributed by atoms with van der Waals surface area (Å²) in [6, 6.07) is 9.77. The van der Waals surface area contributed by atoms with Gasteiger partial charge in [0, 0.05) is 26.2 Å². The number of aromatic carboxylic acids is 1. The van der Waals surface area contributed by atoms with Crippen LogP contribution >= 0.6 is 34.8 Å². The van der Waals surface area contributed by atoms with Gasteiger partial charge in [0.1, 0.15) is 0 Å². The van der Waals surface area contributed by atoms with Gasteiger partial charge in [-0.05, 0) is 30.3 Å². The molecule has 0 spiro atoms. The maximum absolute atomic E-state index is 11.0. The summed E-state index contributed by atoms with van der Waals surface area (Å²) in [6.07, 6.45) is 0. The molecule has 27 heavy (non-hydrogen) atoms. The van der Waals surface area contributed by atoms with Crippen LogP contribution in [0.15, 0.2) is 41.6 Å². The molecule has 9 heteroatoms. The van der Waals surface area contributed by atoms with E-state index in [2.05, 4.69) is 5.16 Å². The SMILES string of the molecule is O=C(O)c1ccc(N2CCN(C(=NO)c3c(Cl)cccc3Cl)CC2)c(Cl)c1. The molecular weight excluding hydrogens is 413 g/mol. The van der Waals surface area contributed by atoms with E-state index in [9.17, 15) is 10.0 Å². The number of anilines is 1. The van der Waals surface area contributed by atoms with Crippen LogP contribution in [0.3, 0.4) is 0 Å². The summed E-state index contributed by atoms with van der Waals surface area (Å²) in [6.45, 7) is 2.32. The summed E-state index contributed by atoms with van der Waals surface area (Å²) in [4.78, 5) is 15.0. The van der Waals surface area contributed by atoms with E-state index in [4.69, 9.17) is 39.9 Å². The van der Waals surface area contributed by atoms with E-state index in [0.29, 0.717) is 52.6 Å². The number of carboxylic acid groups (broad SMARTS) is 1. The molecule has 0 saturated carbocycles. The highest BCUT2D eigenvalue weighted by molar-refractivity contribution is 6.40. The van der Waals surface area contributed by atoms with Crippen molar-refractivity contribution >= 4 is 52.3 Å².